The van der Waals surface area contributed by atoms with E-state index in [1.54, 1.807) is 24.3 Å². The third kappa shape index (κ3) is 7.22. The summed E-state index contributed by atoms with van der Waals surface area (Å²) < 4.78 is 31.2. The number of halogens is 2. The fourth-order valence-electron chi connectivity index (χ4n) is 3.53. The molecule has 4 aromatic carbocycles. The number of carbonyl (C=O) groups excluding carboxylic acids is 1. The number of hydrazone groups is 1. The highest BCUT2D eigenvalue weighted by molar-refractivity contribution is 7.92. The summed E-state index contributed by atoms with van der Waals surface area (Å²) in [4.78, 5) is 12.4. The molecular weight excluding hydrogens is 533 g/mol. The molecule has 0 atom stereocenters. The summed E-state index contributed by atoms with van der Waals surface area (Å²) in [5, 5.41) is 6.71. The van der Waals surface area contributed by atoms with E-state index in [2.05, 4.69) is 34.8 Å². The zero-order valence-corrected chi connectivity index (χ0v) is 22.1. The van der Waals surface area contributed by atoms with Crippen LogP contribution in [0.25, 0.3) is 10.8 Å². The van der Waals surface area contributed by atoms with Crippen LogP contribution in [0.15, 0.2) is 90.0 Å². The SMILES string of the molecule is CS(=O)(=O)N(CC(=O)N/N=C\c1ccc(OCc2ccc3ccccc3c2)cc1)c1ccc(Cl)c(Cl)c1. The first kappa shape index (κ1) is 26.5. The van der Waals surface area contributed by atoms with Crippen LogP contribution in [-0.4, -0.2) is 33.3 Å². The van der Waals surface area contributed by atoms with Crippen LogP contribution >= 0.6 is 23.2 Å². The first-order chi connectivity index (χ1) is 17.7. The molecule has 0 bridgehead atoms. The Labute approximate surface area is 225 Å². The quantitative estimate of drug-likeness (QED) is 0.214. The number of hydrogen-bond donors (Lipinski definition) is 1. The van der Waals surface area contributed by atoms with Gasteiger partial charge in [-0.3, -0.25) is 9.10 Å². The summed E-state index contributed by atoms with van der Waals surface area (Å²) in [6, 6.07) is 25.9. The number of fused-ring (bicyclic) bond motifs is 1. The van der Waals surface area contributed by atoms with Crippen LogP contribution in [0.1, 0.15) is 11.1 Å². The number of rotatable bonds is 9. The summed E-state index contributed by atoms with van der Waals surface area (Å²) in [7, 11) is -3.76. The zero-order chi connectivity index (χ0) is 26.4. The molecule has 0 saturated heterocycles. The van der Waals surface area contributed by atoms with Gasteiger partial charge in [0.2, 0.25) is 10.0 Å². The van der Waals surface area contributed by atoms with Gasteiger partial charge in [0, 0.05) is 0 Å². The molecule has 0 aliphatic carbocycles. The van der Waals surface area contributed by atoms with Crippen molar-refractivity contribution in [1.82, 2.24) is 5.43 Å². The van der Waals surface area contributed by atoms with Crippen molar-refractivity contribution in [2.24, 2.45) is 5.10 Å². The number of nitrogens with one attached hydrogen (secondary N) is 1. The fraction of sp³-hybridized carbons (Fsp3) is 0.111. The Morgan fingerprint density at radius 3 is 2.38 bits per heavy atom. The number of amides is 1. The Kier molecular flexibility index (Phi) is 8.33. The van der Waals surface area contributed by atoms with Gasteiger partial charge in [-0.2, -0.15) is 5.10 Å². The van der Waals surface area contributed by atoms with Gasteiger partial charge in [-0.1, -0.05) is 59.6 Å². The molecule has 0 radical (unpaired) electrons. The molecule has 0 aliphatic heterocycles. The van der Waals surface area contributed by atoms with Gasteiger partial charge in [-0.25, -0.2) is 13.8 Å². The zero-order valence-electron chi connectivity index (χ0n) is 19.8. The number of carbonyl (C=O) groups is 1. The molecule has 1 N–H and O–H groups in total. The van der Waals surface area contributed by atoms with Gasteiger partial charge in [0.15, 0.2) is 0 Å². The fourth-order valence-corrected chi connectivity index (χ4v) is 4.67. The average molecular weight is 556 g/mol. The summed E-state index contributed by atoms with van der Waals surface area (Å²) in [5.74, 6) is 0.0721. The number of hydrogen-bond acceptors (Lipinski definition) is 5. The van der Waals surface area contributed by atoms with Crippen molar-refractivity contribution < 1.29 is 17.9 Å². The maximum Gasteiger partial charge on any atom is 0.260 e. The van der Waals surface area contributed by atoms with E-state index >= 15 is 0 Å². The summed E-state index contributed by atoms with van der Waals surface area (Å²) in [6.07, 6.45) is 2.45. The van der Waals surface area contributed by atoms with E-state index < -0.39 is 22.5 Å². The van der Waals surface area contributed by atoms with Crippen LogP contribution in [0.2, 0.25) is 10.0 Å². The Morgan fingerprint density at radius 1 is 0.946 bits per heavy atom. The molecule has 0 saturated carbocycles. The lowest BCUT2D eigenvalue weighted by Gasteiger charge is -2.21. The largest absolute Gasteiger partial charge is 0.489 e. The Bertz CT molecular complexity index is 1560. The molecule has 0 spiro atoms. The number of sulfonamides is 1. The maximum absolute atomic E-state index is 12.4. The van der Waals surface area contributed by atoms with E-state index in [-0.39, 0.29) is 15.7 Å². The lowest BCUT2D eigenvalue weighted by Crippen LogP contribution is -2.39. The molecule has 4 aromatic rings. The van der Waals surface area contributed by atoms with Gasteiger partial charge in [-0.05, 0) is 70.4 Å². The summed E-state index contributed by atoms with van der Waals surface area (Å²) in [6.45, 7) is -0.0420. The molecule has 0 unspecified atom stereocenters. The molecule has 190 valence electrons. The number of anilines is 1. The van der Waals surface area contributed by atoms with E-state index in [1.165, 1.54) is 29.8 Å². The maximum atomic E-state index is 12.4. The monoisotopic (exact) mass is 555 g/mol. The molecule has 0 aromatic heterocycles. The van der Waals surface area contributed by atoms with Gasteiger partial charge >= 0.3 is 0 Å². The van der Waals surface area contributed by atoms with Crippen molar-refractivity contribution in [3.8, 4) is 5.75 Å². The lowest BCUT2D eigenvalue weighted by molar-refractivity contribution is -0.119. The van der Waals surface area contributed by atoms with Crippen molar-refractivity contribution in [3.63, 3.8) is 0 Å². The number of benzene rings is 4. The molecule has 10 heteroatoms. The first-order valence-corrected chi connectivity index (χ1v) is 13.7. The predicted molar refractivity (Wildman–Crippen MR) is 149 cm³/mol. The normalized spacial score (nSPS) is 11.5. The minimum atomic E-state index is -3.76. The van der Waals surface area contributed by atoms with Crippen LogP contribution in [0, 0.1) is 0 Å². The van der Waals surface area contributed by atoms with Crippen LogP contribution in [0.5, 0.6) is 5.75 Å². The van der Waals surface area contributed by atoms with Crippen molar-refractivity contribution in [2.75, 3.05) is 17.1 Å². The minimum absolute atomic E-state index is 0.177. The second kappa shape index (κ2) is 11.6. The van der Waals surface area contributed by atoms with E-state index in [1.807, 2.05) is 18.2 Å². The number of ether oxygens (including phenoxy) is 1. The Hall–Kier alpha value is -3.59. The third-order valence-corrected chi connectivity index (χ3v) is 7.26. The van der Waals surface area contributed by atoms with E-state index in [4.69, 9.17) is 27.9 Å². The second-order valence-corrected chi connectivity index (χ2v) is 10.9. The average Bonchev–Trinajstić information content (AvgIpc) is 2.88. The summed E-state index contributed by atoms with van der Waals surface area (Å²) >= 11 is 11.9. The lowest BCUT2D eigenvalue weighted by atomic mass is 10.1. The van der Waals surface area contributed by atoms with Crippen LogP contribution in [0.4, 0.5) is 5.69 Å². The molecule has 0 heterocycles. The van der Waals surface area contributed by atoms with Gasteiger partial charge in [0.1, 0.15) is 18.9 Å². The van der Waals surface area contributed by atoms with E-state index in [9.17, 15) is 13.2 Å². The number of nitrogens with zero attached hydrogens (tertiary/aromatic N) is 2. The van der Waals surface area contributed by atoms with Crippen molar-refractivity contribution >= 4 is 61.8 Å². The van der Waals surface area contributed by atoms with Crippen molar-refractivity contribution in [3.05, 3.63) is 106 Å². The van der Waals surface area contributed by atoms with Crippen molar-refractivity contribution in [2.45, 2.75) is 6.61 Å². The Morgan fingerprint density at radius 2 is 1.68 bits per heavy atom. The van der Waals surface area contributed by atoms with Gasteiger partial charge in [0.25, 0.3) is 5.91 Å². The standard InChI is InChI=1S/C27H23Cl2N3O4S/c1-37(34,35)32(23-10-13-25(28)26(29)15-23)17-27(33)31-30-16-19-7-11-24(12-8-19)36-18-20-6-9-21-4-2-3-5-22(21)14-20/h2-16H,17-18H2,1H3,(H,31,33)/b30-16-. The molecule has 4 rings (SSSR count). The highest BCUT2D eigenvalue weighted by atomic mass is 35.5. The van der Waals surface area contributed by atoms with Crippen molar-refractivity contribution in [1.29, 1.82) is 0 Å². The minimum Gasteiger partial charge on any atom is -0.489 e. The van der Waals surface area contributed by atoms with Crippen LogP contribution in [0.3, 0.4) is 0 Å². The third-order valence-electron chi connectivity index (χ3n) is 5.38. The van der Waals surface area contributed by atoms with Crippen LogP contribution < -0.4 is 14.5 Å². The van der Waals surface area contributed by atoms with E-state index in [0.29, 0.717) is 12.4 Å². The molecule has 0 fully saturated rings. The second-order valence-electron chi connectivity index (χ2n) is 8.20. The predicted octanol–water partition coefficient (Wildman–Crippen LogP) is 5.64. The topological polar surface area (TPSA) is 88.1 Å². The van der Waals surface area contributed by atoms with E-state index in [0.717, 1.165) is 27.1 Å². The summed E-state index contributed by atoms with van der Waals surface area (Å²) in [5.41, 5.74) is 4.35. The molecule has 0 aliphatic rings. The smallest absolute Gasteiger partial charge is 0.260 e. The molecule has 1 amide bonds. The highest BCUT2D eigenvalue weighted by Gasteiger charge is 2.21. The Balaban J connectivity index is 1.32. The highest BCUT2D eigenvalue weighted by Crippen LogP contribution is 2.28. The molecular formula is C27H23Cl2N3O4S. The molecule has 37 heavy (non-hydrogen) atoms. The van der Waals surface area contributed by atoms with Crippen LogP contribution in [-0.2, 0) is 21.4 Å². The van der Waals surface area contributed by atoms with Gasteiger partial charge in [-0.15, -0.1) is 0 Å². The van der Waals surface area contributed by atoms with Gasteiger partial charge in [0.05, 0.1) is 28.2 Å². The first-order valence-electron chi connectivity index (χ1n) is 11.1. The van der Waals surface area contributed by atoms with Gasteiger partial charge < -0.3 is 4.74 Å². The molecule has 7 nitrogen and oxygen atoms in total.